The predicted molar refractivity (Wildman–Crippen MR) is 42.3 cm³/mol. The van der Waals surface area contributed by atoms with E-state index in [4.69, 9.17) is 4.74 Å². The quantitative estimate of drug-likeness (QED) is 0.596. The zero-order valence-electron chi connectivity index (χ0n) is 6.93. The normalized spacial score (nSPS) is 21.4. The van der Waals surface area contributed by atoms with Gasteiger partial charge in [-0.3, -0.25) is 4.79 Å². The van der Waals surface area contributed by atoms with Crippen molar-refractivity contribution in [2.45, 2.75) is 32.3 Å². The maximum Gasteiger partial charge on any atom is 0.219 e. The van der Waals surface area contributed by atoms with E-state index in [9.17, 15) is 4.79 Å². The molecule has 0 aromatic rings. The van der Waals surface area contributed by atoms with Gasteiger partial charge in [-0.25, -0.2) is 0 Å². The van der Waals surface area contributed by atoms with Crippen LogP contribution in [0.25, 0.3) is 0 Å². The molecule has 3 heteroatoms. The lowest BCUT2D eigenvalue weighted by molar-refractivity contribution is -0.121. The lowest BCUT2D eigenvalue weighted by atomic mass is 10.2. The standard InChI is InChI=1S/C8H15NO2/c1-2-9-8(10)5-3-4-7-6-11-7/h7H,2-6H2,1H3,(H,9,10). The lowest BCUT2D eigenvalue weighted by Gasteiger charge is -1.99. The minimum Gasteiger partial charge on any atom is -0.373 e. The smallest absolute Gasteiger partial charge is 0.219 e. The van der Waals surface area contributed by atoms with E-state index in [0.717, 1.165) is 26.0 Å². The van der Waals surface area contributed by atoms with Crippen LogP contribution in [0.1, 0.15) is 26.2 Å². The van der Waals surface area contributed by atoms with Gasteiger partial charge in [-0.1, -0.05) is 0 Å². The van der Waals surface area contributed by atoms with E-state index >= 15 is 0 Å². The first-order valence-corrected chi connectivity index (χ1v) is 4.21. The van der Waals surface area contributed by atoms with Crippen molar-refractivity contribution in [3.63, 3.8) is 0 Å². The number of ether oxygens (including phenoxy) is 1. The highest BCUT2D eigenvalue weighted by Crippen LogP contribution is 2.16. The largest absolute Gasteiger partial charge is 0.373 e. The molecule has 1 N–H and O–H groups in total. The molecular weight excluding hydrogens is 142 g/mol. The Morgan fingerprint density at radius 1 is 1.73 bits per heavy atom. The molecule has 64 valence electrons. The van der Waals surface area contributed by atoms with Crippen molar-refractivity contribution >= 4 is 5.91 Å². The molecule has 3 nitrogen and oxygen atoms in total. The number of carbonyl (C=O) groups is 1. The minimum atomic E-state index is 0.160. The highest BCUT2D eigenvalue weighted by molar-refractivity contribution is 5.75. The zero-order chi connectivity index (χ0) is 8.10. The monoisotopic (exact) mass is 157 g/mol. The van der Waals surface area contributed by atoms with Crippen molar-refractivity contribution in [2.24, 2.45) is 0 Å². The summed E-state index contributed by atoms with van der Waals surface area (Å²) in [6, 6.07) is 0. The Kier molecular flexibility index (Phi) is 3.36. The van der Waals surface area contributed by atoms with Crippen molar-refractivity contribution in [2.75, 3.05) is 13.2 Å². The third kappa shape index (κ3) is 3.98. The first-order valence-electron chi connectivity index (χ1n) is 4.21. The molecule has 1 fully saturated rings. The Balaban J connectivity index is 1.88. The van der Waals surface area contributed by atoms with Crippen LogP contribution in [0.15, 0.2) is 0 Å². The maximum atomic E-state index is 10.9. The number of nitrogens with one attached hydrogen (secondary N) is 1. The molecule has 0 aliphatic carbocycles. The van der Waals surface area contributed by atoms with Gasteiger partial charge >= 0.3 is 0 Å². The van der Waals surface area contributed by atoms with Crippen LogP contribution in [-0.4, -0.2) is 25.2 Å². The number of rotatable bonds is 5. The Hall–Kier alpha value is -0.570. The molecule has 1 atom stereocenters. The molecule has 0 aromatic heterocycles. The highest BCUT2D eigenvalue weighted by atomic mass is 16.6. The highest BCUT2D eigenvalue weighted by Gasteiger charge is 2.21. The Morgan fingerprint density at radius 2 is 2.45 bits per heavy atom. The van der Waals surface area contributed by atoms with Gasteiger partial charge < -0.3 is 10.1 Å². The summed E-state index contributed by atoms with van der Waals surface area (Å²) in [6.07, 6.45) is 3.10. The molecule has 1 saturated heterocycles. The van der Waals surface area contributed by atoms with Crippen LogP contribution in [0.4, 0.5) is 0 Å². The van der Waals surface area contributed by atoms with Crippen LogP contribution < -0.4 is 5.32 Å². The van der Waals surface area contributed by atoms with Crippen LogP contribution in [0, 0.1) is 0 Å². The van der Waals surface area contributed by atoms with E-state index < -0.39 is 0 Å². The molecule has 1 rings (SSSR count). The predicted octanol–water partition coefficient (Wildman–Crippen LogP) is 0.692. The van der Waals surface area contributed by atoms with Crippen molar-refractivity contribution in [1.29, 1.82) is 0 Å². The van der Waals surface area contributed by atoms with E-state index in [1.54, 1.807) is 0 Å². The van der Waals surface area contributed by atoms with Crippen molar-refractivity contribution in [3.05, 3.63) is 0 Å². The lowest BCUT2D eigenvalue weighted by Crippen LogP contribution is -2.22. The molecule has 0 radical (unpaired) electrons. The Morgan fingerprint density at radius 3 is 3.00 bits per heavy atom. The molecule has 1 aliphatic heterocycles. The summed E-state index contributed by atoms with van der Waals surface area (Å²) in [6.45, 7) is 3.57. The average Bonchev–Trinajstić information content (AvgIpc) is 2.72. The Labute approximate surface area is 67.1 Å². The molecule has 11 heavy (non-hydrogen) atoms. The van der Waals surface area contributed by atoms with E-state index in [1.165, 1.54) is 0 Å². The molecule has 0 saturated carbocycles. The van der Waals surface area contributed by atoms with Gasteiger partial charge in [-0.15, -0.1) is 0 Å². The fraction of sp³-hybridized carbons (Fsp3) is 0.875. The number of carbonyl (C=O) groups excluding carboxylic acids is 1. The van der Waals surface area contributed by atoms with Gasteiger partial charge in [0.2, 0.25) is 5.91 Å². The minimum absolute atomic E-state index is 0.160. The molecule has 1 amide bonds. The number of epoxide rings is 1. The molecule has 1 heterocycles. The van der Waals surface area contributed by atoms with Gasteiger partial charge in [0.25, 0.3) is 0 Å². The van der Waals surface area contributed by atoms with Crippen molar-refractivity contribution in [3.8, 4) is 0 Å². The van der Waals surface area contributed by atoms with E-state index in [0.29, 0.717) is 12.5 Å². The molecule has 0 bridgehead atoms. The fourth-order valence-electron chi connectivity index (χ4n) is 1.01. The van der Waals surface area contributed by atoms with Crippen LogP contribution in [0.2, 0.25) is 0 Å². The SMILES string of the molecule is CCNC(=O)CCCC1CO1. The Bertz CT molecular complexity index is 132. The van der Waals surface area contributed by atoms with Crippen molar-refractivity contribution < 1.29 is 9.53 Å². The zero-order valence-corrected chi connectivity index (χ0v) is 6.93. The van der Waals surface area contributed by atoms with Gasteiger partial charge in [0.1, 0.15) is 0 Å². The molecule has 0 aromatic carbocycles. The van der Waals surface area contributed by atoms with Crippen LogP contribution in [0.3, 0.4) is 0 Å². The molecule has 1 aliphatic rings. The second-order valence-electron chi connectivity index (χ2n) is 2.80. The summed E-state index contributed by atoms with van der Waals surface area (Å²) < 4.78 is 5.02. The number of hydrogen-bond donors (Lipinski definition) is 1. The molecule has 1 unspecified atom stereocenters. The average molecular weight is 157 g/mol. The van der Waals surface area contributed by atoms with Crippen LogP contribution in [0.5, 0.6) is 0 Å². The van der Waals surface area contributed by atoms with Crippen molar-refractivity contribution in [1.82, 2.24) is 5.32 Å². The van der Waals surface area contributed by atoms with E-state index in [2.05, 4.69) is 5.32 Å². The van der Waals surface area contributed by atoms with Crippen LogP contribution >= 0.6 is 0 Å². The van der Waals surface area contributed by atoms with E-state index in [1.807, 2.05) is 6.92 Å². The van der Waals surface area contributed by atoms with Gasteiger partial charge in [-0.2, -0.15) is 0 Å². The van der Waals surface area contributed by atoms with Gasteiger partial charge in [-0.05, 0) is 19.8 Å². The summed E-state index contributed by atoms with van der Waals surface area (Å²) in [4.78, 5) is 10.9. The van der Waals surface area contributed by atoms with E-state index in [-0.39, 0.29) is 5.91 Å². The second-order valence-corrected chi connectivity index (χ2v) is 2.80. The second kappa shape index (κ2) is 4.34. The fourth-order valence-corrected chi connectivity index (χ4v) is 1.01. The summed E-state index contributed by atoms with van der Waals surface area (Å²) in [5, 5.41) is 2.76. The van der Waals surface area contributed by atoms with Gasteiger partial charge in [0.15, 0.2) is 0 Å². The first kappa shape index (κ1) is 8.53. The molecule has 0 spiro atoms. The number of amides is 1. The summed E-state index contributed by atoms with van der Waals surface area (Å²) >= 11 is 0. The summed E-state index contributed by atoms with van der Waals surface area (Å²) in [5.41, 5.74) is 0. The van der Waals surface area contributed by atoms with Crippen LogP contribution in [-0.2, 0) is 9.53 Å². The number of hydrogen-bond acceptors (Lipinski definition) is 2. The van der Waals surface area contributed by atoms with Gasteiger partial charge in [0, 0.05) is 13.0 Å². The third-order valence-electron chi connectivity index (χ3n) is 1.71. The molecular formula is C8H15NO2. The topological polar surface area (TPSA) is 41.6 Å². The van der Waals surface area contributed by atoms with Gasteiger partial charge in [0.05, 0.1) is 12.7 Å². The first-order chi connectivity index (χ1) is 5.33. The maximum absolute atomic E-state index is 10.9. The summed E-state index contributed by atoms with van der Waals surface area (Å²) in [5.74, 6) is 0.160. The summed E-state index contributed by atoms with van der Waals surface area (Å²) in [7, 11) is 0. The third-order valence-corrected chi connectivity index (χ3v) is 1.71.